The molecule has 0 aliphatic rings. The topological polar surface area (TPSA) is 55.5 Å². The van der Waals surface area contributed by atoms with Crippen molar-refractivity contribution in [3.63, 3.8) is 0 Å². The highest BCUT2D eigenvalue weighted by atomic mass is 79.9. The van der Waals surface area contributed by atoms with Crippen molar-refractivity contribution in [2.45, 2.75) is 0 Å². The predicted molar refractivity (Wildman–Crippen MR) is 46.8 cm³/mol. The van der Waals surface area contributed by atoms with Gasteiger partial charge in [-0.05, 0) is 22.0 Å². The van der Waals surface area contributed by atoms with Crippen LogP contribution in [-0.4, -0.2) is 12.2 Å². The summed E-state index contributed by atoms with van der Waals surface area (Å²) >= 11 is 3.13. The van der Waals surface area contributed by atoms with Crippen molar-refractivity contribution in [1.29, 1.82) is 0 Å². The lowest BCUT2D eigenvalue weighted by Crippen LogP contribution is -1.89. The van der Waals surface area contributed by atoms with Gasteiger partial charge in [0.1, 0.15) is 0 Å². The number of hydrogen-bond donors (Lipinski definition) is 2. The Morgan fingerprint density at radius 2 is 2.18 bits per heavy atom. The number of methoxy groups -OCH3 is 1. The highest BCUT2D eigenvalue weighted by Gasteiger charge is 2.05. The normalized spacial score (nSPS) is 9.64. The van der Waals surface area contributed by atoms with Gasteiger partial charge in [-0.1, -0.05) is 0 Å². The minimum Gasteiger partial charge on any atom is -0.503 e. The molecule has 0 saturated carbocycles. The first-order valence-electron chi connectivity index (χ1n) is 2.97. The van der Waals surface area contributed by atoms with Gasteiger partial charge in [0.25, 0.3) is 0 Å². The zero-order valence-corrected chi connectivity index (χ0v) is 7.55. The summed E-state index contributed by atoms with van der Waals surface area (Å²) < 4.78 is 5.38. The highest BCUT2D eigenvalue weighted by Crippen LogP contribution is 2.35. The molecule has 0 aliphatic carbocycles. The fourth-order valence-corrected chi connectivity index (χ4v) is 1.21. The van der Waals surface area contributed by atoms with Crippen LogP contribution >= 0.6 is 15.9 Å². The van der Waals surface area contributed by atoms with Crippen LogP contribution in [0.3, 0.4) is 0 Å². The summed E-state index contributed by atoms with van der Waals surface area (Å²) in [5.41, 5.74) is 6.03. The molecule has 0 amide bonds. The molecule has 0 heterocycles. The summed E-state index contributed by atoms with van der Waals surface area (Å²) in [5.74, 6) is 0.443. The van der Waals surface area contributed by atoms with Gasteiger partial charge in [-0.3, -0.25) is 0 Å². The summed E-state index contributed by atoms with van der Waals surface area (Å²) in [6.45, 7) is 0. The summed E-state index contributed by atoms with van der Waals surface area (Å²) in [4.78, 5) is 0. The maximum atomic E-state index is 9.29. The Kier molecular flexibility index (Phi) is 2.24. The monoisotopic (exact) mass is 217 g/mol. The molecule has 0 fully saturated rings. The van der Waals surface area contributed by atoms with E-state index >= 15 is 0 Å². The minimum atomic E-state index is 0.0710. The van der Waals surface area contributed by atoms with Crippen LogP contribution < -0.4 is 10.5 Å². The van der Waals surface area contributed by atoms with Crippen molar-refractivity contribution in [3.8, 4) is 11.5 Å². The van der Waals surface area contributed by atoms with E-state index < -0.39 is 0 Å². The molecule has 1 aromatic carbocycles. The maximum absolute atomic E-state index is 9.29. The molecule has 0 atom stereocenters. The molecule has 11 heavy (non-hydrogen) atoms. The van der Waals surface area contributed by atoms with E-state index in [9.17, 15) is 5.11 Å². The third-order valence-corrected chi connectivity index (χ3v) is 1.88. The van der Waals surface area contributed by atoms with Crippen LogP contribution in [0, 0.1) is 0 Å². The number of ether oxygens (including phenoxy) is 1. The van der Waals surface area contributed by atoms with E-state index in [1.165, 1.54) is 7.11 Å². The number of halogens is 1. The fourth-order valence-electron chi connectivity index (χ4n) is 0.749. The molecule has 60 valence electrons. The molecule has 1 rings (SSSR count). The second-order valence-electron chi connectivity index (χ2n) is 2.05. The average Bonchev–Trinajstić information content (AvgIpc) is 1.96. The van der Waals surface area contributed by atoms with E-state index in [0.29, 0.717) is 15.9 Å². The number of phenols is 1. The second-order valence-corrected chi connectivity index (χ2v) is 2.91. The largest absolute Gasteiger partial charge is 0.503 e. The zero-order valence-electron chi connectivity index (χ0n) is 5.97. The third kappa shape index (κ3) is 1.57. The van der Waals surface area contributed by atoms with E-state index in [2.05, 4.69) is 15.9 Å². The number of phenolic OH excluding ortho intramolecular Hbond substituents is 1. The van der Waals surface area contributed by atoms with Crippen molar-refractivity contribution in [2.75, 3.05) is 12.8 Å². The molecule has 3 nitrogen and oxygen atoms in total. The number of anilines is 1. The standard InChI is InChI=1S/C7H8BrNO2/c1-11-6-3-4(9)2-5(8)7(6)10/h2-3,10H,9H2,1H3. The lowest BCUT2D eigenvalue weighted by molar-refractivity contribution is 0.372. The second kappa shape index (κ2) is 3.00. The van der Waals surface area contributed by atoms with Crippen molar-refractivity contribution in [3.05, 3.63) is 16.6 Å². The van der Waals surface area contributed by atoms with Crippen LogP contribution in [0.5, 0.6) is 11.5 Å². The number of aromatic hydroxyl groups is 1. The molecule has 0 aliphatic heterocycles. The SMILES string of the molecule is COc1cc(N)cc(Br)c1O. The molecule has 0 unspecified atom stereocenters. The van der Waals surface area contributed by atoms with Crippen molar-refractivity contribution in [1.82, 2.24) is 0 Å². The van der Waals surface area contributed by atoms with E-state index in [1.54, 1.807) is 12.1 Å². The lowest BCUT2D eigenvalue weighted by atomic mass is 10.3. The van der Waals surface area contributed by atoms with Gasteiger partial charge in [0.2, 0.25) is 0 Å². The summed E-state index contributed by atoms with van der Waals surface area (Å²) in [5, 5.41) is 9.29. The zero-order chi connectivity index (χ0) is 8.43. The molecular formula is C7H8BrNO2. The summed E-state index contributed by atoms with van der Waals surface area (Å²) in [6, 6.07) is 3.16. The van der Waals surface area contributed by atoms with Crippen molar-refractivity contribution >= 4 is 21.6 Å². The van der Waals surface area contributed by atoms with E-state index in [1.807, 2.05) is 0 Å². The molecule has 1 aromatic rings. The first kappa shape index (κ1) is 8.20. The van der Waals surface area contributed by atoms with E-state index in [-0.39, 0.29) is 5.75 Å². The smallest absolute Gasteiger partial charge is 0.172 e. The molecule has 0 spiro atoms. The molecule has 0 aromatic heterocycles. The molecule has 0 bridgehead atoms. The van der Waals surface area contributed by atoms with Gasteiger partial charge in [-0.2, -0.15) is 0 Å². The molecule has 3 N–H and O–H groups in total. The van der Waals surface area contributed by atoms with Crippen LogP contribution in [-0.2, 0) is 0 Å². The van der Waals surface area contributed by atoms with Crippen molar-refractivity contribution in [2.24, 2.45) is 0 Å². The van der Waals surface area contributed by atoms with Crippen LogP contribution in [0.4, 0.5) is 5.69 Å². The molecule has 0 saturated heterocycles. The highest BCUT2D eigenvalue weighted by molar-refractivity contribution is 9.10. The van der Waals surface area contributed by atoms with Crippen LogP contribution in [0.2, 0.25) is 0 Å². The van der Waals surface area contributed by atoms with E-state index in [0.717, 1.165) is 0 Å². The molecule has 4 heteroatoms. The Balaban J connectivity index is 3.24. The van der Waals surface area contributed by atoms with Crippen LogP contribution in [0.15, 0.2) is 16.6 Å². The minimum absolute atomic E-state index is 0.0710. The van der Waals surface area contributed by atoms with E-state index in [4.69, 9.17) is 10.5 Å². The molecule has 0 radical (unpaired) electrons. The summed E-state index contributed by atoms with van der Waals surface area (Å²) in [7, 11) is 1.47. The average molecular weight is 218 g/mol. The van der Waals surface area contributed by atoms with Gasteiger partial charge in [0, 0.05) is 11.8 Å². The Labute approximate surface area is 72.9 Å². The number of rotatable bonds is 1. The van der Waals surface area contributed by atoms with Gasteiger partial charge in [0.15, 0.2) is 11.5 Å². The third-order valence-electron chi connectivity index (χ3n) is 1.27. The number of hydrogen-bond acceptors (Lipinski definition) is 3. The maximum Gasteiger partial charge on any atom is 0.172 e. The number of benzene rings is 1. The van der Waals surface area contributed by atoms with Crippen LogP contribution in [0.1, 0.15) is 0 Å². The Bertz CT molecular complexity index is 275. The molecular weight excluding hydrogens is 210 g/mol. The first-order valence-corrected chi connectivity index (χ1v) is 3.76. The Morgan fingerprint density at radius 1 is 1.55 bits per heavy atom. The Morgan fingerprint density at radius 3 is 2.73 bits per heavy atom. The van der Waals surface area contributed by atoms with Gasteiger partial charge >= 0.3 is 0 Å². The number of nitrogens with two attached hydrogens (primary N) is 1. The van der Waals surface area contributed by atoms with Gasteiger partial charge in [-0.15, -0.1) is 0 Å². The van der Waals surface area contributed by atoms with Gasteiger partial charge < -0.3 is 15.6 Å². The van der Waals surface area contributed by atoms with Gasteiger partial charge in [-0.25, -0.2) is 0 Å². The first-order chi connectivity index (χ1) is 5.15. The van der Waals surface area contributed by atoms with Crippen LogP contribution in [0.25, 0.3) is 0 Å². The lowest BCUT2D eigenvalue weighted by Gasteiger charge is -2.05. The Hall–Kier alpha value is -0.900. The fraction of sp³-hybridized carbons (Fsp3) is 0.143. The van der Waals surface area contributed by atoms with Crippen molar-refractivity contribution < 1.29 is 9.84 Å². The predicted octanol–water partition coefficient (Wildman–Crippen LogP) is 1.75. The summed E-state index contributed by atoms with van der Waals surface area (Å²) in [6.07, 6.45) is 0. The van der Waals surface area contributed by atoms with Gasteiger partial charge in [0.05, 0.1) is 11.6 Å². The quantitative estimate of drug-likeness (QED) is 0.557. The number of nitrogen functional groups attached to an aromatic ring is 1.